The van der Waals surface area contributed by atoms with E-state index < -0.39 is 0 Å². The third-order valence-electron chi connectivity index (χ3n) is 9.57. The summed E-state index contributed by atoms with van der Waals surface area (Å²) >= 11 is 0. The Hall–Kier alpha value is -5.34. The van der Waals surface area contributed by atoms with Gasteiger partial charge in [-0.3, -0.25) is 0 Å². The molecule has 0 atom stereocenters. The van der Waals surface area contributed by atoms with E-state index in [4.69, 9.17) is 0 Å². The Morgan fingerprint density at radius 2 is 1.05 bits per heavy atom. The molecule has 0 amide bonds. The van der Waals surface area contributed by atoms with Crippen LogP contribution in [0.3, 0.4) is 0 Å². The predicted molar refractivity (Wildman–Crippen MR) is 183 cm³/mol. The number of benzene rings is 7. The molecule has 43 heavy (non-hydrogen) atoms. The van der Waals surface area contributed by atoms with Crippen molar-refractivity contribution < 1.29 is 0 Å². The van der Waals surface area contributed by atoms with Crippen molar-refractivity contribution in [3.05, 3.63) is 156 Å². The molecule has 0 saturated carbocycles. The fourth-order valence-corrected chi connectivity index (χ4v) is 7.57. The van der Waals surface area contributed by atoms with E-state index in [2.05, 4.69) is 157 Å². The quantitative estimate of drug-likeness (QED) is 0.208. The first kappa shape index (κ1) is 24.3. The monoisotopic (exact) mass is 550 g/mol. The van der Waals surface area contributed by atoms with E-state index in [1.807, 2.05) is 0 Å². The normalized spacial score (nSPS) is 12.7. The lowest BCUT2D eigenvalue weighted by molar-refractivity contribution is 1.08. The minimum Gasteiger partial charge on any atom is -0.309 e. The molecule has 0 fully saturated rings. The minimum absolute atomic E-state index is 0.897. The molecule has 0 radical (unpaired) electrons. The molecule has 0 unspecified atom stereocenters. The van der Waals surface area contributed by atoms with Gasteiger partial charge in [-0.15, -0.1) is 0 Å². The number of hydrogen-bond acceptors (Lipinski definition) is 1. The van der Waals surface area contributed by atoms with Gasteiger partial charge in [-0.1, -0.05) is 109 Å². The standard InChI is InChI=1S/C41H30N2/c1-26-27(2)41-39(33-20-8-10-22-38(33)43(41)37-24-12-17-29-14-4-7-19-32(29)37)34-25-30-15-5-9-21-35(30)42(40(26)34)36-23-11-16-28-13-3-6-18-31(28)36/h3-24H,25H2,1-2H3. The Balaban J connectivity index is 1.46. The van der Waals surface area contributed by atoms with Gasteiger partial charge in [-0.2, -0.15) is 0 Å². The molecule has 2 heterocycles. The highest BCUT2D eigenvalue weighted by atomic mass is 15.2. The first-order valence-corrected chi connectivity index (χ1v) is 15.1. The van der Waals surface area contributed by atoms with E-state index in [1.54, 1.807) is 0 Å². The van der Waals surface area contributed by atoms with Crippen LogP contribution in [0, 0.1) is 13.8 Å². The summed E-state index contributed by atoms with van der Waals surface area (Å²) in [7, 11) is 0. The molecule has 1 aromatic heterocycles. The molecular formula is C41H30N2. The van der Waals surface area contributed by atoms with Gasteiger partial charge in [-0.25, -0.2) is 0 Å². The number of rotatable bonds is 2. The molecule has 1 aliphatic heterocycles. The average molecular weight is 551 g/mol. The Labute approximate surface area is 251 Å². The number of aromatic nitrogens is 1. The zero-order valence-electron chi connectivity index (χ0n) is 24.3. The zero-order chi connectivity index (χ0) is 28.7. The fourth-order valence-electron chi connectivity index (χ4n) is 7.57. The maximum absolute atomic E-state index is 2.54. The van der Waals surface area contributed by atoms with Crippen molar-refractivity contribution in [3.63, 3.8) is 0 Å². The van der Waals surface area contributed by atoms with Crippen molar-refractivity contribution >= 4 is 60.4 Å². The second-order valence-electron chi connectivity index (χ2n) is 11.8. The van der Waals surface area contributed by atoms with E-state index in [9.17, 15) is 0 Å². The van der Waals surface area contributed by atoms with Crippen LogP contribution in [0.4, 0.5) is 17.1 Å². The second kappa shape index (κ2) is 9.08. The van der Waals surface area contributed by atoms with Crippen molar-refractivity contribution in [2.24, 2.45) is 0 Å². The Morgan fingerprint density at radius 1 is 0.488 bits per heavy atom. The molecule has 9 rings (SSSR count). The van der Waals surface area contributed by atoms with E-state index in [0.29, 0.717) is 0 Å². The highest BCUT2D eigenvalue weighted by molar-refractivity contribution is 6.16. The SMILES string of the molecule is Cc1c2c(c3c4ccccc4n(-c4cccc5ccccc45)c3c1C)Cc1ccccc1N2c1cccc2ccccc12. The van der Waals surface area contributed by atoms with Crippen LogP contribution in [0.2, 0.25) is 0 Å². The van der Waals surface area contributed by atoms with Crippen molar-refractivity contribution in [1.29, 1.82) is 0 Å². The van der Waals surface area contributed by atoms with Gasteiger partial charge in [0.05, 0.1) is 28.1 Å². The van der Waals surface area contributed by atoms with Crippen LogP contribution in [0.5, 0.6) is 0 Å². The minimum atomic E-state index is 0.897. The third-order valence-corrected chi connectivity index (χ3v) is 9.57. The van der Waals surface area contributed by atoms with Crippen LogP contribution >= 0.6 is 0 Å². The Morgan fingerprint density at radius 3 is 1.81 bits per heavy atom. The smallest absolute Gasteiger partial charge is 0.0577 e. The second-order valence-corrected chi connectivity index (χ2v) is 11.8. The maximum atomic E-state index is 2.54. The molecule has 0 N–H and O–H groups in total. The number of fused-ring (bicyclic) bond motifs is 8. The number of aryl methyl sites for hydroxylation is 1. The molecule has 1 aliphatic rings. The number of anilines is 3. The van der Waals surface area contributed by atoms with Gasteiger partial charge in [0.25, 0.3) is 0 Å². The molecule has 0 aliphatic carbocycles. The summed E-state index contributed by atoms with van der Waals surface area (Å²) in [5.41, 5.74) is 13.0. The van der Waals surface area contributed by atoms with E-state index in [-0.39, 0.29) is 0 Å². The lowest BCUT2D eigenvalue weighted by atomic mass is 9.87. The van der Waals surface area contributed by atoms with Gasteiger partial charge in [0, 0.05) is 33.7 Å². The lowest BCUT2D eigenvalue weighted by Gasteiger charge is -2.36. The first-order valence-electron chi connectivity index (χ1n) is 15.1. The van der Waals surface area contributed by atoms with Gasteiger partial charge in [0.15, 0.2) is 0 Å². The topological polar surface area (TPSA) is 8.17 Å². The van der Waals surface area contributed by atoms with Crippen molar-refractivity contribution in [1.82, 2.24) is 4.57 Å². The van der Waals surface area contributed by atoms with Gasteiger partial charge < -0.3 is 9.47 Å². The van der Waals surface area contributed by atoms with Crippen LogP contribution in [0.25, 0.3) is 49.0 Å². The summed E-state index contributed by atoms with van der Waals surface area (Å²) in [5, 5.41) is 7.72. The average Bonchev–Trinajstić information content (AvgIpc) is 3.41. The van der Waals surface area contributed by atoms with Crippen LogP contribution < -0.4 is 4.90 Å². The molecule has 0 saturated heterocycles. The van der Waals surface area contributed by atoms with Crippen LogP contribution in [-0.2, 0) is 6.42 Å². The summed E-state index contributed by atoms with van der Waals surface area (Å²) in [6.45, 7) is 4.64. The summed E-state index contributed by atoms with van der Waals surface area (Å²) in [6, 6.07) is 48.8. The highest BCUT2D eigenvalue weighted by Gasteiger charge is 2.31. The number of hydrogen-bond donors (Lipinski definition) is 0. The molecule has 204 valence electrons. The van der Waals surface area contributed by atoms with Crippen molar-refractivity contribution in [2.45, 2.75) is 20.3 Å². The van der Waals surface area contributed by atoms with E-state index in [1.165, 1.54) is 88.4 Å². The Bertz CT molecular complexity index is 2400. The molecule has 7 aromatic carbocycles. The van der Waals surface area contributed by atoms with Gasteiger partial charge >= 0.3 is 0 Å². The number of nitrogens with zero attached hydrogens (tertiary/aromatic N) is 2. The van der Waals surface area contributed by atoms with Gasteiger partial charge in [-0.05, 0) is 71.1 Å². The molecule has 0 bridgehead atoms. The Kier molecular flexibility index (Phi) is 5.13. The molecule has 8 aromatic rings. The largest absolute Gasteiger partial charge is 0.309 e. The third kappa shape index (κ3) is 3.35. The zero-order valence-corrected chi connectivity index (χ0v) is 24.3. The molecule has 0 spiro atoms. The van der Waals surface area contributed by atoms with Crippen LogP contribution in [0.1, 0.15) is 22.3 Å². The molecular weight excluding hydrogens is 520 g/mol. The first-order chi connectivity index (χ1) is 21.2. The van der Waals surface area contributed by atoms with Crippen LogP contribution in [-0.4, -0.2) is 4.57 Å². The van der Waals surface area contributed by atoms with Gasteiger partial charge in [0.1, 0.15) is 0 Å². The predicted octanol–water partition coefficient (Wildman–Crippen LogP) is 11.1. The molecule has 2 nitrogen and oxygen atoms in total. The highest BCUT2D eigenvalue weighted by Crippen LogP contribution is 2.52. The van der Waals surface area contributed by atoms with Crippen molar-refractivity contribution in [3.8, 4) is 5.69 Å². The number of para-hydroxylation sites is 2. The fraction of sp³-hybridized carbons (Fsp3) is 0.0732. The summed E-state index contributed by atoms with van der Waals surface area (Å²) in [6.07, 6.45) is 0.897. The maximum Gasteiger partial charge on any atom is 0.0577 e. The summed E-state index contributed by atoms with van der Waals surface area (Å²) in [5.74, 6) is 0. The summed E-state index contributed by atoms with van der Waals surface area (Å²) in [4.78, 5) is 2.54. The lowest BCUT2D eigenvalue weighted by Crippen LogP contribution is -2.21. The van der Waals surface area contributed by atoms with Gasteiger partial charge in [0.2, 0.25) is 0 Å². The van der Waals surface area contributed by atoms with E-state index in [0.717, 1.165) is 6.42 Å². The summed E-state index contributed by atoms with van der Waals surface area (Å²) < 4.78 is 2.53. The van der Waals surface area contributed by atoms with Crippen molar-refractivity contribution in [2.75, 3.05) is 4.90 Å². The molecule has 2 heteroatoms. The van der Waals surface area contributed by atoms with Crippen LogP contribution in [0.15, 0.2) is 133 Å². The van der Waals surface area contributed by atoms with E-state index >= 15 is 0 Å².